The number of aryl methyl sites for hydroxylation is 1. The SMILES string of the molecule is Cc1ccc(-n2ccnc2N2CCN(C(=O)COc3ccc(Cl)cc3)CC2)cc1. The van der Waals surface area contributed by atoms with E-state index in [0.29, 0.717) is 23.9 Å². The molecular weight excluding hydrogens is 388 g/mol. The number of nitrogens with zero attached hydrogens (tertiary/aromatic N) is 4. The van der Waals surface area contributed by atoms with Crippen LogP contribution in [0.3, 0.4) is 0 Å². The average molecular weight is 411 g/mol. The van der Waals surface area contributed by atoms with E-state index in [2.05, 4.69) is 45.6 Å². The molecule has 7 heteroatoms. The second-order valence-electron chi connectivity index (χ2n) is 7.04. The van der Waals surface area contributed by atoms with Gasteiger partial charge in [-0.05, 0) is 43.3 Å². The molecule has 0 radical (unpaired) electrons. The number of anilines is 1. The fourth-order valence-corrected chi connectivity index (χ4v) is 3.49. The number of carbonyl (C=O) groups is 1. The van der Waals surface area contributed by atoms with E-state index >= 15 is 0 Å². The topological polar surface area (TPSA) is 50.6 Å². The molecule has 29 heavy (non-hydrogen) atoms. The lowest BCUT2D eigenvalue weighted by Crippen LogP contribution is -2.50. The second kappa shape index (κ2) is 8.57. The maximum absolute atomic E-state index is 12.5. The molecule has 2 heterocycles. The number of aromatic nitrogens is 2. The fraction of sp³-hybridized carbons (Fsp3) is 0.273. The van der Waals surface area contributed by atoms with E-state index in [0.717, 1.165) is 24.7 Å². The summed E-state index contributed by atoms with van der Waals surface area (Å²) in [7, 11) is 0. The molecule has 1 saturated heterocycles. The Morgan fingerprint density at radius 2 is 1.72 bits per heavy atom. The van der Waals surface area contributed by atoms with Gasteiger partial charge in [-0.25, -0.2) is 4.98 Å². The Kier molecular flexibility index (Phi) is 5.71. The highest BCUT2D eigenvalue weighted by Crippen LogP contribution is 2.20. The lowest BCUT2D eigenvalue weighted by Gasteiger charge is -2.35. The van der Waals surface area contributed by atoms with Crippen molar-refractivity contribution in [3.63, 3.8) is 0 Å². The predicted molar refractivity (Wildman–Crippen MR) is 114 cm³/mol. The third-order valence-corrected chi connectivity index (χ3v) is 5.28. The summed E-state index contributed by atoms with van der Waals surface area (Å²) in [5.74, 6) is 1.53. The molecule has 2 aromatic carbocycles. The second-order valence-corrected chi connectivity index (χ2v) is 7.48. The number of piperazine rings is 1. The van der Waals surface area contributed by atoms with Crippen LogP contribution in [0.15, 0.2) is 60.9 Å². The van der Waals surface area contributed by atoms with Gasteiger partial charge in [0.05, 0.1) is 0 Å². The Labute approximate surface area is 175 Å². The van der Waals surface area contributed by atoms with Gasteiger partial charge in [-0.3, -0.25) is 9.36 Å². The Bertz CT molecular complexity index is 961. The molecule has 150 valence electrons. The molecule has 1 aliphatic rings. The summed E-state index contributed by atoms with van der Waals surface area (Å²) >= 11 is 5.87. The average Bonchev–Trinajstić information content (AvgIpc) is 3.24. The van der Waals surface area contributed by atoms with Gasteiger partial charge >= 0.3 is 0 Å². The van der Waals surface area contributed by atoms with Crippen LogP contribution in [0, 0.1) is 6.92 Å². The molecule has 0 atom stereocenters. The zero-order valence-electron chi connectivity index (χ0n) is 16.3. The van der Waals surface area contributed by atoms with Crippen LogP contribution < -0.4 is 9.64 Å². The van der Waals surface area contributed by atoms with Crippen LogP contribution in [0.1, 0.15) is 5.56 Å². The normalized spacial score (nSPS) is 14.1. The van der Waals surface area contributed by atoms with Crippen LogP contribution in [0.2, 0.25) is 5.02 Å². The summed E-state index contributed by atoms with van der Waals surface area (Å²) in [5, 5.41) is 0.642. The molecule has 0 unspecified atom stereocenters. The van der Waals surface area contributed by atoms with Gasteiger partial charge in [0.25, 0.3) is 5.91 Å². The first-order chi connectivity index (χ1) is 14.1. The van der Waals surface area contributed by atoms with Crippen molar-refractivity contribution in [1.82, 2.24) is 14.5 Å². The number of benzene rings is 2. The molecule has 0 N–H and O–H groups in total. The zero-order chi connectivity index (χ0) is 20.2. The highest BCUT2D eigenvalue weighted by Gasteiger charge is 2.24. The smallest absolute Gasteiger partial charge is 0.260 e. The van der Waals surface area contributed by atoms with Crippen LogP contribution in [-0.4, -0.2) is 53.1 Å². The Morgan fingerprint density at radius 3 is 2.41 bits per heavy atom. The molecule has 4 rings (SSSR count). The zero-order valence-corrected chi connectivity index (χ0v) is 17.0. The third-order valence-electron chi connectivity index (χ3n) is 5.02. The number of hydrogen-bond acceptors (Lipinski definition) is 4. The fourth-order valence-electron chi connectivity index (χ4n) is 3.36. The summed E-state index contributed by atoms with van der Waals surface area (Å²) in [6.07, 6.45) is 3.78. The molecule has 0 spiro atoms. The van der Waals surface area contributed by atoms with Crippen LogP contribution in [0.5, 0.6) is 5.75 Å². The van der Waals surface area contributed by atoms with Gasteiger partial charge in [-0.15, -0.1) is 0 Å². The molecule has 1 fully saturated rings. The molecule has 1 aliphatic heterocycles. The van der Waals surface area contributed by atoms with E-state index < -0.39 is 0 Å². The van der Waals surface area contributed by atoms with Crippen LogP contribution in [0.25, 0.3) is 5.69 Å². The number of rotatable bonds is 5. The number of amides is 1. The van der Waals surface area contributed by atoms with Crippen LogP contribution in [0.4, 0.5) is 5.95 Å². The number of imidazole rings is 1. The summed E-state index contributed by atoms with van der Waals surface area (Å²) in [4.78, 5) is 21.1. The molecule has 0 bridgehead atoms. The van der Waals surface area contributed by atoms with Gasteiger partial charge in [-0.2, -0.15) is 0 Å². The summed E-state index contributed by atoms with van der Waals surface area (Å²) < 4.78 is 7.67. The van der Waals surface area contributed by atoms with Crippen LogP contribution >= 0.6 is 11.6 Å². The minimum absolute atomic E-state index is 0.0125. The van der Waals surface area contributed by atoms with Crippen molar-refractivity contribution in [1.29, 1.82) is 0 Å². The quantitative estimate of drug-likeness (QED) is 0.645. The standard InChI is InChI=1S/C22H23ClN4O2/c1-17-2-6-19(7-3-17)27-11-10-24-22(27)26-14-12-25(13-15-26)21(28)16-29-20-8-4-18(23)5-9-20/h2-11H,12-16H2,1H3. The minimum atomic E-state index is -0.0125. The lowest BCUT2D eigenvalue weighted by atomic mass is 10.2. The molecule has 0 aliphatic carbocycles. The summed E-state index contributed by atoms with van der Waals surface area (Å²) in [5.41, 5.74) is 2.31. The van der Waals surface area contributed by atoms with Gasteiger partial charge in [0.2, 0.25) is 5.95 Å². The number of ether oxygens (including phenoxy) is 1. The van der Waals surface area contributed by atoms with Crippen molar-refractivity contribution < 1.29 is 9.53 Å². The summed E-state index contributed by atoms with van der Waals surface area (Å²) in [6.45, 7) is 4.85. The maximum Gasteiger partial charge on any atom is 0.260 e. The Balaban J connectivity index is 1.34. The van der Waals surface area contributed by atoms with E-state index in [9.17, 15) is 4.79 Å². The van der Waals surface area contributed by atoms with Gasteiger partial charge in [-0.1, -0.05) is 29.3 Å². The number of carbonyl (C=O) groups excluding carboxylic acids is 1. The van der Waals surface area contributed by atoms with Gasteiger partial charge < -0.3 is 14.5 Å². The van der Waals surface area contributed by atoms with Crippen molar-refractivity contribution in [2.24, 2.45) is 0 Å². The van der Waals surface area contributed by atoms with Crippen LogP contribution in [-0.2, 0) is 4.79 Å². The highest BCUT2D eigenvalue weighted by atomic mass is 35.5. The van der Waals surface area contributed by atoms with E-state index in [1.807, 2.05) is 17.3 Å². The molecule has 6 nitrogen and oxygen atoms in total. The lowest BCUT2D eigenvalue weighted by molar-refractivity contribution is -0.133. The van der Waals surface area contributed by atoms with E-state index in [1.165, 1.54) is 5.56 Å². The highest BCUT2D eigenvalue weighted by molar-refractivity contribution is 6.30. The van der Waals surface area contributed by atoms with Crippen molar-refractivity contribution in [2.75, 3.05) is 37.7 Å². The van der Waals surface area contributed by atoms with E-state index in [4.69, 9.17) is 16.3 Å². The Morgan fingerprint density at radius 1 is 1.03 bits per heavy atom. The monoisotopic (exact) mass is 410 g/mol. The summed E-state index contributed by atoms with van der Waals surface area (Å²) in [6, 6.07) is 15.4. The minimum Gasteiger partial charge on any atom is -0.484 e. The molecule has 1 aromatic heterocycles. The first kappa shape index (κ1) is 19.3. The van der Waals surface area contributed by atoms with E-state index in [-0.39, 0.29) is 12.5 Å². The molecule has 1 amide bonds. The van der Waals surface area contributed by atoms with E-state index in [1.54, 1.807) is 24.3 Å². The molecule has 0 saturated carbocycles. The largest absolute Gasteiger partial charge is 0.484 e. The first-order valence-corrected chi connectivity index (χ1v) is 9.99. The predicted octanol–water partition coefficient (Wildman–Crippen LogP) is 3.56. The Hall–Kier alpha value is -2.99. The first-order valence-electron chi connectivity index (χ1n) is 9.61. The van der Waals surface area contributed by atoms with Gasteiger partial charge in [0.1, 0.15) is 5.75 Å². The van der Waals surface area contributed by atoms with Crippen molar-refractivity contribution >= 4 is 23.5 Å². The molecule has 3 aromatic rings. The van der Waals surface area contributed by atoms with Crippen molar-refractivity contribution in [2.45, 2.75) is 6.92 Å². The number of halogens is 1. The van der Waals surface area contributed by atoms with Gasteiger partial charge in [0.15, 0.2) is 6.61 Å². The van der Waals surface area contributed by atoms with Crippen molar-refractivity contribution in [3.8, 4) is 11.4 Å². The third kappa shape index (κ3) is 4.54. The number of hydrogen-bond donors (Lipinski definition) is 0. The van der Waals surface area contributed by atoms with Gasteiger partial charge in [0, 0.05) is 49.3 Å². The maximum atomic E-state index is 12.5. The van der Waals surface area contributed by atoms with Crippen molar-refractivity contribution in [3.05, 3.63) is 71.5 Å². The molecular formula is C22H23ClN4O2.